The van der Waals surface area contributed by atoms with E-state index in [-0.39, 0.29) is 11.7 Å². The molecule has 1 aromatic rings. The summed E-state index contributed by atoms with van der Waals surface area (Å²) in [5, 5.41) is 0. The van der Waals surface area contributed by atoms with E-state index in [2.05, 4.69) is 0 Å². The van der Waals surface area contributed by atoms with Crippen molar-refractivity contribution in [2.75, 3.05) is 7.11 Å². The highest BCUT2D eigenvalue weighted by atomic mass is 16.5. The molecule has 3 nitrogen and oxygen atoms in total. The third-order valence-electron chi connectivity index (χ3n) is 3.10. The van der Waals surface area contributed by atoms with E-state index < -0.39 is 11.9 Å². The first kappa shape index (κ1) is 10.9. The van der Waals surface area contributed by atoms with E-state index >= 15 is 0 Å². The molecule has 16 heavy (non-hydrogen) atoms. The molecule has 2 rings (SSSR count). The molecule has 2 atom stereocenters. The number of hydrogen-bond donors (Lipinski definition) is 0. The molecule has 0 saturated heterocycles. The number of carbonyl (C=O) groups is 2. The van der Waals surface area contributed by atoms with Gasteiger partial charge in [0.05, 0.1) is 7.11 Å². The van der Waals surface area contributed by atoms with Crippen LogP contribution in [0.4, 0.5) is 0 Å². The molecule has 0 radical (unpaired) electrons. The predicted octanol–water partition coefficient (Wildman–Crippen LogP) is 1.70. The quantitative estimate of drug-likeness (QED) is 0.532. The zero-order valence-corrected chi connectivity index (χ0v) is 9.40. The SMILES string of the molecule is COC(=O)C1C(=O)C(C)Cc2ccccc21. The van der Waals surface area contributed by atoms with Crippen molar-refractivity contribution in [3.8, 4) is 0 Å². The summed E-state index contributed by atoms with van der Waals surface area (Å²) < 4.78 is 4.71. The van der Waals surface area contributed by atoms with Crippen LogP contribution in [-0.2, 0) is 20.7 Å². The van der Waals surface area contributed by atoms with Gasteiger partial charge in [0.15, 0.2) is 5.78 Å². The van der Waals surface area contributed by atoms with Gasteiger partial charge in [-0.05, 0) is 17.5 Å². The average Bonchev–Trinajstić information content (AvgIpc) is 2.30. The molecule has 0 spiro atoms. The van der Waals surface area contributed by atoms with Gasteiger partial charge in [-0.1, -0.05) is 31.2 Å². The van der Waals surface area contributed by atoms with Crippen molar-refractivity contribution < 1.29 is 14.3 Å². The summed E-state index contributed by atoms with van der Waals surface area (Å²) in [7, 11) is 1.32. The standard InChI is InChI=1S/C13H14O3/c1-8-7-9-5-3-4-6-10(9)11(12(8)14)13(15)16-2/h3-6,8,11H,7H2,1-2H3. The Balaban J connectivity index is 2.50. The Morgan fingerprint density at radius 3 is 2.75 bits per heavy atom. The van der Waals surface area contributed by atoms with Gasteiger partial charge in [-0.2, -0.15) is 0 Å². The highest BCUT2D eigenvalue weighted by molar-refractivity contribution is 6.06. The second-order valence-corrected chi connectivity index (χ2v) is 4.16. The smallest absolute Gasteiger partial charge is 0.320 e. The molecule has 0 aliphatic heterocycles. The number of esters is 1. The molecule has 2 unspecified atom stereocenters. The van der Waals surface area contributed by atoms with E-state index in [1.165, 1.54) is 7.11 Å². The van der Waals surface area contributed by atoms with Crippen LogP contribution in [0.15, 0.2) is 24.3 Å². The Labute approximate surface area is 94.4 Å². The number of ether oxygens (including phenoxy) is 1. The summed E-state index contributed by atoms with van der Waals surface area (Å²) in [5.41, 5.74) is 1.88. The first-order valence-electron chi connectivity index (χ1n) is 5.34. The first-order chi connectivity index (χ1) is 7.65. The molecular formula is C13H14O3. The zero-order chi connectivity index (χ0) is 11.7. The maximum atomic E-state index is 12.0. The average molecular weight is 218 g/mol. The summed E-state index contributed by atoms with van der Waals surface area (Å²) in [6.45, 7) is 1.86. The summed E-state index contributed by atoms with van der Waals surface area (Å²) in [6, 6.07) is 7.57. The number of fused-ring (bicyclic) bond motifs is 1. The van der Waals surface area contributed by atoms with Crippen molar-refractivity contribution in [2.45, 2.75) is 19.3 Å². The van der Waals surface area contributed by atoms with Gasteiger partial charge >= 0.3 is 5.97 Å². The summed E-state index contributed by atoms with van der Waals surface area (Å²) >= 11 is 0. The van der Waals surface area contributed by atoms with Crippen LogP contribution in [0.1, 0.15) is 24.0 Å². The largest absolute Gasteiger partial charge is 0.468 e. The highest BCUT2D eigenvalue weighted by Gasteiger charge is 2.37. The van der Waals surface area contributed by atoms with Crippen molar-refractivity contribution in [3.63, 3.8) is 0 Å². The number of carbonyl (C=O) groups excluding carboxylic acids is 2. The van der Waals surface area contributed by atoms with Gasteiger partial charge < -0.3 is 4.74 Å². The number of ketones is 1. The Bertz CT molecular complexity index is 437. The number of Topliss-reactive ketones (excluding diaryl/α,β-unsaturated/α-hetero) is 1. The highest BCUT2D eigenvalue weighted by Crippen LogP contribution is 2.32. The van der Waals surface area contributed by atoms with Crippen LogP contribution >= 0.6 is 0 Å². The Morgan fingerprint density at radius 2 is 2.06 bits per heavy atom. The van der Waals surface area contributed by atoms with Crippen LogP contribution in [0.3, 0.4) is 0 Å². The molecule has 0 heterocycles. The lowest BCUT2D eigenvalue weighted by Crippen LogP contribution is -2.33. The van der Waals surface area contributed by atoms with Gasteiger partial charge in [0.1, 0.15) is 5.92 Å². The third-order valence-corrected chi connectivity index (χ3v) is 3.10. The van der Waals surface area contributed by atoms with Gasteiger partial charge in [-0.15, -0.1) is 0 Å². The number of hydrogen-bond acceptors (Lipinski definition) is 3. The molecular weight excluding hydrogens is 204 g/mol. The van der Waals surface area contributed by atoms with Gasteiger partial charge in [-0.3, -0.25) is 9.59 Å². The lowest BCUT2D eigenvalue weighted by atomic mass is 9.76. The third kappa shape index (κ3) is 1.62. The molecule has 0 saturated carbocycles. The summed E-state index contributed by atoms with van der Waals surface area (Å²) in [6.07, 6.45) is 0.711. The minimum atomic E-state index is -0.732. The molecule has 1 aliphatic rings. The predicted molar refractivity (Wildman–Crippen MR) is 59.1 cm³/mol. The van der Waals surface area contributed by atoms with Crippen LogP contribution in [0, 0.1) is 5.92 Å². The summed E-state index contributed by atoms with van der Waals surface area (Å²) in [4.78, 5) is 23.6. The van der Waals surface area contributed by atoms with Crippen LogP contribution < -0.4 is 0 Å². The monoisotopic (exact) mass is 218 g/mol. The normalized spacial score (nSPS) is 23.8. The molecule has 0 bridgehead atoms. The van der Waals surface area contributed by atoms with Gasteiger partial charge in [0.2, 0.25) is 0 Å². The number of rotatable bonds is 1. The fourth-order valence-corrected chi connectivity index (χ4v) is 2.23. The second-order valence-electron chi connectivity index (χ2n) is 4.16. The van der Waals surface area contributed by atoms with Crippen molar-refractivity contribution in [2.24, 2.45) is 5.92 Å². The maximum Gasteiger partial charge on any atom is 0.320 e. The van der Waals surface area contributed by atoms with Crippen molar-refractivity contribution in [1.82, 2.24) is 0 Å². The van der Waals surface area contributed by atoms with E-state index in [4.69, 9.17) is 4.74 Å². The first-order valence-corrected chi connectivity index (χ1v) is 5.34. The van der Waals surface area contributed by atoms with E-state index in [0.29, 0.717) is 6.42 Å². The zero-order valence-electron chi connectivity index (χ0n) is 9.40. The van der Waals surface area contributed by atoms with Gasteiger partial charge in [0, 0.05) is 5.92 Å². The van der Waals surface area contributed by atoms with E-state index in [9.17, 15) is 9.59 Å². The Kier molecular flexibility index (Phi) is 2.77. The van der Waals surface area contributed by atoms with Crippen molar-refractivity contribution in [3.05, 3.63) is 35.4 Å². The van der Waals surface area contributed by atoms with E-state index in [1.54, 1.807) is 0 Å². The molecule has 0 fully saturated rings. The molecule has 0 aromatic heterocycles. The fourth-order valence-electron chi connectivity index (χ4n) is 2.23. The lowest BCUT2D eigenvalue weighted by molar-refractivity contribution is -0.147. The van der Waals surface area contributed by atoms with Crippen LogP contribution in [0.25, 0.3) is 0 Å². The maximum absolute atomic E-state index is 12.0. The molecule has 0 N–H and O–H groups in total. The fraction of sp³-hybridized carbons (Fsp3) is 0.385. The van der Waals surface area contributed by atoms with Crippen LogP contribution in [0.5, 0.6) is 0 Å². The van der Waals surface area contributed by atoms with Gasteiger partial charge in [-0.25, -0.2) is 0 Å². The van der Waals surface area contributed by atoms with Crippen molar-refractivity contribution in [1.29, 1.82) is 0 Å². The van der Waals surface area contributed by atoms with Crippen molar-refractivity contribution >= 4 is 11.8 Å². The lowest BCUT2D eigenvalue weighted by Gasteiger charge is -2.26. The minimum Gasteiger partial charge on any atom is -0.468 e. The Morgan fingerprint density at radius 1 is 1.38 bits per heavy atom. The van der Waals surface area contributed by atoms with Crippen LogP contribution in [-0.4, -0.2) is 18.9 Å². The van der Waals surface area contributed by atoms with Crippen LogP contribution in [0.2, 0.25) is 0 Å². The number of benzene rings is 1. The molecule has 1 aromatic carbocycles. The number of methoxy groups -OCH3 is 1. The van der Waals surface area contributed by atoms with Gasteiger partial charge in [0.25, 0.3) is 0 Å². The van der Waals surface area contributed by atoms with E-state index in [1.807, 2.05) is 31.2 Å². The Hall–Kier alpha value is -1.64. The molecule has 84 valence electrons. The topological polar surface area (TPSA) is 43.4 Å². The molecule has 0 amide bonds. The second kappa shape index (κ2) is 4.08. The summed E-state index contributed by atoms with van der Waals surface area (Å²) in [5.74, 6) is -1.33. The molecule has 3 heteroatoms. The minimum absolute atomic E-state index is 0.0365. The van der Waals surface area contributed by atoms with E-state index in [0.717, 1.165) is 11.1 Å². The molecule has 1 aliphatic carbocycles.